The second-order valence-electron chi connectivity index (χ2n) is 5.75. The molecule has 0 atom stereocenters. The van der Waals surface area contributed by atoms with Gasteiger partial charge < -0.3 is 15.4 Å². The lowest BCUT2D eigenvalue weighted by atomic mass is 10.2. The van der Waals surface area contributed by atoms with E-state index in [2.05, 4.69) is 20.8 Å². The number of nitrogens with one attached hydrogen (secondary N) is 2. The number of nitrogens with zero attached hydrogens (tertiary/aromatic N) is 2. The summed E-state index contributed by atoms with van der Waals surface area (Å²) in [5, 5.41) is 13.8. The molecular weight excluding hydrogens is 292 g/mol. The van der Waals surface area contributed by atoms with E-state index in [1.807, 2.05) is 39.8 Å². The van der Waals surface area contributed by atoms with Crippen molar-refractivity contribution >= 4 is 17.4 Å². The van der Waals surface area contributed by atoms with Gasteiger partial charge in [-0.2, -0.15) is 0 Å². The Bertz CT molecular complexity index is 637. The van der Waals surface area contributed by atoms with Gasteiger partial charge in [0.2, 0.25) is 0 Å². The van der Waals surface area contributed by atoms with Crippen LogP contribution < -0.4 is 15.4 Å². The van der Waals surface area contributed by atoms with Gasteiger partial charge in [0.25, 0.3) is 5.91 Å². The molecule has 1 amide bonds. The van der Waals surface area contributed by atoms with Crippen molar-refractivity contribution < 1.29 is 9.53 Å². The van der Waals surface area contributed by atoms with E-state index < -0.39 is 0 Å². The number of hydrogen-bond acceptors (Lipinski definition) is 5. The number of anilines is 2. The van der Waals surface area contributed by atoms with E-state index in [1.165, 1.54) is 0 Å². The van der Waals surface area contributed by atoms with Crippen molar-refractivity contribution in [2.75, 3.05) is 10.6 Å². The zero-order valence-electron chi connectivity index (χ0n) is 13.8. The molecule has 6 heteroatoms. The van der Waals surface area contributed by atoms with Gasteiger partial charge in [-0.05, 0) is 64.1 Å². The Hall–Kier alpha value is -2.63. The van der Waals surface area contributed by atoms with E-state index in [0.717, 1.165) is 5.75 Å². The highest BCUT2D eigenvalue weighted by Crippen LogP contribution is 2.17. The Kier molecular flexibility index (Phi) is 5.51. The fourth-order valence-corrected chi connectivity index (χ4v) is 1.91. The quantitative estimate of drug-likeness (QED) is 0.855. The van der Waals surface area contributed by atoms with Gasteiger partial charge in [-0.3, -0.25) is 4.79 Å². The third-order valence-electron chi connectivity index (χ3n) is 2.82. The van der Waals surface area contributed by atoms with E-state index >= 15 is 0 Å². The standard InChI is InChI=1S/C17H22N4O2/c1-11(2)18-16-10-9-15(20-21-16)17(22)19-13-5-7-14(8-6-13)23-12(3)4/h5-12H,1-4H3,(H,18,21)(H,19,22). The second kappa shape index (κ2) is 7.58. The lowest BCUT2D eigenvalue weighted by Gasteiger charge is -2.11. The lowest BCUT2D eigenvalue weighted by molar-refractivity contribution is 0.102. The van der Waals surface area contributed by atoms with E-state index in [4.69, 9.17) is 4.74 Å². The SMILES string of the molecule is CC(C)Nc1ccc(C(=O)Nc2ccc(OC(C)C)cc2)nn1. The third kappa shape index (κ3) is 5.25. The minimum absolute atomic E-state index is 0.115. The number of aromatic nitrogens is 2. The van der Waals surface area contributed by atoms with Gasteiger partial charge in [0.1, 0.15) is 11.6 Å². The summed E-state index contributed by atoms with van der Waals surface area (Å²) in [6.07, 6.45) is 0.115. The molecule has 6 nitrogen and oxygen atoms in total. The maximum atomic E-state index is 12.1. The summed E-state index contributed by atoms with van der Waals surface area (Å²) in [5.74, 6) is 1.11. The molecule has 1 aromatic carbocycles. The highest BCUT2D eigenvalue weighted by molar-refractivity contribution is 6.02. The molecule has 2 N–H and O–H groups in total. The molecule has 0 bridgehead atoms. The maximum absolute atomic E-state index is 12.1. The topological polar surface area (TPSA) is 76.1 Å². The number of ether oxygens (including phenoxy) is 1. The van der Waals surface area contributed by atoms with Crippen molar-refractivity contribution in [1.82, 2.24) is 10.2 Å². The Morgan fingerprint density at radius 3 is 2.22 bits per heavy atom. The minimum atomic E-state index is -0.300. The van der Waals surface area contributed by atoms with Gasteiger partial charge in [0.05, 0.1) is 6.10 Å². The number of carbonyl (C=O) groups is 1. The van der Waals surface area contributed by atoms with Crippen LogP contribution in [0.5, 0.6) is 5.75 Å². The van der Waals surface area contributed by atoms with E-state index in [9.17, 15) is 4.79 Å². The van der Waals surface area contributed by atoms with Crippen LogP contribution in [0.2, 0.25) is 0 Å². The normalized spacial score (nSPS) is 10.7. The molecule has 0 fully saturated rings. The first-order chi connectivity index (χ1) is 10.9. The molecule has 23 heavy (non-hydrogen) atoms. The molecule has 122 valence electrons. The molecule has 0 radical (unpaired) electrons. The number of benzene rings is 1. The summed E-state index contributed by atoms with van der Waals surface area (Å²) < 4.78 is 5.56. The van der Waals surface area contributed by atoms with Crippen molar-refractivity contribution in [3.63, 3.8) is 0 Å². The van der Waals surface area contributed by atoms with Crippen LogP contribution in [0.25, 0.3) is 0 Å². The zero-order chi connectivity index (χ0) is 16.8. The molecule has 0 aliphatic carbocycles. The van der Waals surface area contributed by atoms with Gasteiger partial charge in [-0.15, -0.1) is 10.2 Å². The summed E-state index contributed by atoms with van der Waals surface area (Å²) in [6, 6.07) is 10.9. The van der Waals surface area contributed by atoms with Gasteiger partial charge in [-0.25, -0.2) is 0 Å². The maximum Gasteiger partial charge on any atom is 0.276 e. The lowest BCUT2D eigenvalue weighted by Crippen LogP contribution is -2.16. The van der Waals surface area contributed by atoms with E-state index in [1.54, 1.807) is 24.3 Å². The van der Waals surface area contributed by atoms with E-state index in [-0.39, 0.29) is 23.7 Å². The van der Waals surface area contributed by atoms with Crippen LogP contribution >= 0.6 is 0 Å². The van der Waals surface area contributed by atoms with E-state index in [0.29, 0.717) is 11.5 Å². The highest BCUT2D eigenvalue weighted by atomic mass is 16.5. The Labute approximate surface area is 136 Å². The van der Waals surface area contributed by atoms with Crippen molar-refractivity contribution in [2.24, 2.45) is 0 Å². The summed E-state index contributed by atoms with van der Waals surface area (Å²) >= 11 is 0. The number of rotatable bonds is 6. The fourth-order valence-electron chi connectivity index (χ4n) is 1.91. The minimum Gasteiger partial charge on any atom is -0.491 e. The number of carbonyl (C=O) groups excluding carboxylic acids is 1. The largest absolute Gasteiger partial charge is 0.491 e. The van der Waals surface area contributed by atoms with Crippen molar-refractivity contribution in [1.29, 1.82) is 0 Å². The predicted octanol–water partition coefficient (Wildman–Crippen LogP) is 3.34. The first-order valence-corrected chi connectivity index (χ1v) is 7.62. The summed E-state index contributed by atoms with van der Waals surface area (Å²) in [7, 11) is 0. The van der Waals surface area contributed by atoms with Crippen molar-refractivity contribution in [3.05, 3.63) is 42.1 Å². The van der Waals surface area contributed by atoms with Crippen LogP contribution in [0.15, 0.2) is 36.4 Å². The third-order valence-corrected chi connectivity index (χ3v) is 2.82. The predicted molar refractivity (Wildman–Crippen MR) is 90.9 cm³/mol. The smallest absolute Gasteiger partial charge is 0.276 e. The molecule has 0 spiro atoms. The average Bonchev–Trinajstić information content (AvgIpc) is 2.49. The Balaban J connectivity index is 1.98. The van der Waals surface area contributed by atoms with Gasteiger partial charge in [0, 0.05) is 11.7 Å². The first-order valence-electron chi connectivity index (χ1n) is 7.62. The summed E-state index contributed by atoms with van der Waals surface area (Å²) in [5.41, 5.74) is 0.944. The molecule has 2 rings (SSSR count). The first kappa shape index (κ1) is 16.7. The highest BCUT2D eigenvalue weighted by Gasteiger charge is 2.09. The molecular formula is C17H22N4O2. The van der Waals surface area contributed by atoms with Crippen LogP contribution in [0.3, 0.4) is 0 Å². The number of amides is 1. The average molecular weight is 314 g/mol. The molecule has 0 aliphatic rings. The molecule has 0 saturated carbocycles. The number of hydrogen-bond donors (Lipinski definition) is 2. The summed E-state index contributed by atoms with van der Waals surface area (Å²) in [6.45, 7) is 7.95. The van der Waals surface area contributed by atoms with Crippen LogP contribution in [-0.2, 0) is 0 Å². The Morgan fingerprint density at radius 1 is 1.00 bits per heavy atom. The summed E-state index contributed by atoms with van der Waals surface area (Å²) in [4.78, 5) is 12.1. The van der Waals surface area contributed by atoms with Gasteiger partial charge in [0.15, 0.2) is 5.69 Å². The molecule has 0 aliphatic heterocycles. The molecule has 0 unspecified atom stereocenters. The van der Waals surface area contributed by atoms with Crippen molar-refractivity contribution in [3.8, 4) is 5.75 Å². The molecule has 2 aromatic rings. The van der Waals surface area contributed by atoms with Crippen LogP contribution in [0.1, 0.15) is 38.2 Å². The van der Waals surface area contributed by atoms with Crippen molar-refractivity contribution in [2.45, 2.75) is 39.8 Å². The zero-order valence-corrected chi connectivity index (χ0v) is 13.8. The van der Waals surface area contributed by atoms with Gasteiger partial charge in [-0.1, -0.05) is 0 Å². The Morgan fingerprint density at radius 2 is 1.70 bits per heavy atom. The van der Waals surface area contributed by atoms with Gasteiger partial charge >= 0.3 is 0 Å². The molecule has 0 saturated heterocycles. The fraction of sp³-hybridized carbons (Fsp3) is 0.353. The molecule has 1 aromatic heterocycles. The van der Waals surface area contributed by atoms with Crippen LogP contribution in [0, 0.1) is 0 Å². The van der Waals surface area contributed by atoms with Crippen LogP contribution in [0.4, 0.5) is 11.5 Å². The second-order valence-corrected chi connectivity index (χ2v) is 5.75. The van der Waals surface area contributed by atoms with Crippen LogP contribution in [-0.4, -0.2) is 28.3 Å². The monoisotopic (exact) mass is 314 g/mol. The molecule has 1 heterocycles.